The highest BCUT2D eigenvalue weighted by Crippen LogP contribution is 2.24. The molecule has 38 heavy (non-hydrogen) atoms. The van der Waals surface area contributed by atoms with Crippen LogP contribution < -0.4 is 5.73 Å². The third kappa shape index (κ3) is 9.59. The largest absolute Gasteiger partial charge is 0.394 e. The Hall–Kier alpha value is -2.63. The minimum absolute atomic E-state index is 0.0559. The number of nitrogens with zero attached hydrogens (tertiary/aromatic N) is 3. The van der Waals surface area contributed by atoms with Crippen LogP contribution in [-0.4, -0.2) is 60.0 Å². The number of carbonyl (C=O) groups excluding carboxylic acids is 2. The van der Waals surface area contributed by atoms with Gasteiger partial charge in [0, 0.05) is 37.5 Å². The fraction of sp³-hybridized carbons (Fsp3) is 0.656. The maximum atomic E-state index is 12.8. The van der Waals surface area contributed by atoms with Gasteiger partial charge in [0.15, 0.2) is 0 Å². The number of hydrogen-bond donors (Lipinski definition) is 1. The molecule has 1 aliphatic heterocycles. The van der Waals surface area contributed by atoms with Gasteiger partial charge in [-0.1, -0.05) is 45.4 Å². The average molecular weight is 525 g/mol. The molecule has 0 aromatic heterocycles. The van der Waals surface area contributed by atoms with Gasteiger partial charge in [0.2, 0.25) is 5.91 Å². The minimum Gasteiger partial charge on any atom is -0.394 e. The summed E-state index contributed by atoms with van der Waals surface area (Å²) in [5, 5.41) is 0. The van der Waals surface area contributed by atoms with Crippen molar-refractivity contribution >= 4 is 17.5 Å². The number of likely N-dealkylation sites (tertiary alicyclic amines) is 1. The van der Waals surface area contributed by atoms with E-state index in [9.17, 15) is 9.59 Å². The van der Waals surface area contributed by atoms with E-state index in [0.29, 0.717) is 11.6 Å². The van der Waals surface area contributed by atoms with Crippen LogP contribution in [0.4, 0.5) is 0 Å². The fourth-order valence-corrected chi connectivity index (χ4v) is 4.95. The van der Waals surface area contributed by atoms with Gasteiger partial charge < -0.3 is 15.5 Å². The second-order valence-electron chi connectivity index (χ2n) is 11.1. The lowest BCUT2D eigenvalue weighted by Gasteiger charge is -2.24. The molecule has 1 atom stereocenters. The second kappa shape index (κ2) is 16.4. The summed E-state index contributed by atoms with van der Waals surface area (Å²) in [6, 6.07) is 6.38. The summed E-state index contributed by atoms with van der Waals surface area (Å²) in [5.41, 5.74) is 12.6. The number of amides is 2. The molecule has 6 nitrogen and oxygen atoms in total. The van der Waals surface area contributed by atoms with Crippen molar-refractivity contribution in [2.45, 2.75) is 99.3 Å². The molecule has 212 valence electrons. The molecule has 2 amide bonds. The van der Waals surface area contributed by atoms with Crippen LogP contribution in [-0.2, 0) is 9.59 Å². The third-order valence-electron chi connectivity index (χ3n) is 8.10. The minimum atomic E-state index is -0.0559. The molecule has 2 aliphatic rings. The first-order valence-electron chi connectivity index (χ1n) is 14.8. The van der Waals surface area contributed by atoms with Gasteiger partial charge in [0.1, 0.15) is 12.2 Å². The summed E-state index contributed by atoms with van der Waals surface area (Å²) in [5.74, 6) is 0.648. The number of carbonyl (C=O) groups is 2. The SMILES string of the molecule is CCCN(CCC(C)CC)C(=O)CN=C1CCCC/C1=C(/N)C(=O)N1CCCC1.Cc1cccc(C)c1C. The van der Waals surface area contributed by atoms with Crippen molar-refractivity contribution in [1.29, 1.82) is 0 Å². The predicted molar refractivity (Wildman–Crippen MR) is 159 cm³/mol. The molecule has 0 radical (unpaired) electrons. The van der Waals surface area contributed by atoms with E-state index in [-0.39, 0.29) is 18.4 Å². The van der Waals surface area contributed by atoms with E-state index in [0.717, 1.165) is 95.3 Å². The first-order chi connectivity index (χ1) is 18.2. The van der Waals surface area contributed by atoms with Gasteiger partial charge in [-0.15, -0.1) is 0 Å². The van der Waals surface area contributed by atoms with Crippen LogP contribution in [0.3, 0.4) is 0 Å². The van der Waals surface area contributed by atoms with Crippen LogP contribution in [0.2, 0.25) is 0 Å². The Morgan fingerprint density at radius 1 is 1.00 bits per heavy atom. The fourth-order valence-electron chi connectivity index (χ4n) is 4.95. The monoisotopic (exact) mass is 524 g/mol. The van der Waals surface area contributed by atoms with E-state index in [1.807, 2.05) is 9.80 Å². The van der Waals surface area contributed by atoms with Crippen molar-refractivity contribution in [3.8, 4) is 0 Å². The molecule has 1 aliphatic carbocycles. The Kier molecular flexibility index (Phi) is 13.6. The Balaban J connectivity index is 0.000000474. The van der Waals surface area contributed by atoms with E-state index in [1.165, 1.54) is 16.7 Å². The third-order valence-corrected chi connectivity index (χ3v) is 8.10. The predicted octanol–water partition coefficient (Wildman–Crippen LogP) is 6.12. The molecule has 2 fully saturated rings. The van der Waals surface area contributed by atoms with Gasteiger partial charge in [-0.25, -0.2) is 0 Å². The van der Waals surface area contributed by atoms with Gasteiger partial charge >= 0.3 is 0 Å². The maximum absolute atomic E-state index is 12.8. The normalized spacial score (nSPS) is 18.6. The highest BCUT2D eigenvalue weighted by atomic mass is 16.2. The van der Waals surface area contributed by atoms with Crippen molar-refractivity contribution in [3.05, 3.63) is 46.2 Å². The van der Waals surface area contributed by atoms with E-state index in [2.05, 4.69) is 64.7 Å². The molecule has 2 N–H and O–H groups in total. The van der Waals surface area contributed by atoms with Crippen LogP contribution in [0.1, 0.15) is 95.2 Å². The Labute approximate surface area is 231 Å². The first-order valence-corrected chi connectivity index (χ1v) is 14.8. The van der Waals surface area contributed by atoms with E-state index >= 15 is 0 Å². The van der Waals surface area contributed by atoms with E-state index in [1.54, 1.807) is 0 Å². The van der Waals surface area contributed by atoms with E-state index in [4.69, 9.17) is 5.73 Å². The van der Waals surface area contributed by atoms with Crippen LogP contribution in [0, 0.1) is 26.7 Å². The van der Waals surface area contributed by atoms with E-state index < -0.39 is 0 Å². The summed E-state index contributed by atoms with van der Waals surface area (Å²) >= 11 is 0. The zero-order valence-corrected chi connectivity index (χ0v) is 24.9. The Bertz CT molecular complexity index is 955. The number of aryl methyl sites for hydroxylation is 2. The quantitative estimate of drug-likeness (QED) is 0.395. The zero-order valence-electron chi connectivity index (χ0n) is 24.9. The zero-order chi connectivity index (χ0) is 28.1. The molecule has 1 unspecified atom stereocenters. The average Bonchev–Trinajstić information content (AvgIpc) is 3.47. The molecule has 1 heterocycles. The standard InChI is InChI=1S/C23H40N4O2.C9H12/c1-4-13-26(16-12-18(3)5-2)21(28)17-25-20-11-7-6-10-19(20)22(24)23(29)27-14-8-9-15-27;1-7-5-4-6-8(2)9(7)3/h18H,4-17,24H2,1-3H3;4-6H,1-3H3/b22-19-,25-20?;. The summed E-state index contributed by atoms with van der Waals surface area (Å²) in [4.78, 5) is 34.0. The highest BCUT2D eigenvalue weighted by molar-refractivity contribution is 6.08. The molecule has 0 bridgehead atoms. The van der Waals surface area contributed by atoms with Crippen LogP contribution in [0.25, 0.3) is 0 Å². The van der Waals surface area contributed by atoms with Gasteiger partial charge in [0.25, 0.3) is 5.91 Å². The Morgan fingerprint density at radius 3 is 2.21 bits per heavy atom. The van der Waals surface area contributed by atoms with Gasteiger partial charge in [-0.3, -0.25) is 14.6 Å². The van der Waals surface area contributed by atoms with Crippen LogP contribution >= 0.6 is 0 Å². The molecule has 1 aromatic carbocycles. The second-order valence-corrected chi connectivity index (χ2v) is 11.1. The molecule has 0 spiro atoms. The number of hydrogen-bond acceptors (Lipinski definition) is 4. The number of aliphatic imine (C=N–C) groups is 1. The summed E-state index contributed by atoms with van der Waals surface area (Å²) in [6.45, 7) is 16.3. The van der Waals surface area contributed by atoms with Gasteiger partial charge in [-0.2, -0.15) is 0 Å². The smallest absolute Gasteiger partial charge is 0.270 e. The molecule has 3 rings (SSSR count). The van der Waals surface area contributed by atoms with Crippen molar-refractivity contribution in [2.75, 3.05) is 32.7 Å². The topological polar surface area (TPSA) is 79.0 Å². The number of rotatable bonds is 9. The van der Waals surface area contributed by atoms with Crippen molar-refractivity contribution in [3.63, 3.8) is 0 Å². The molecule has 6 heteroatoms. The lowest BCUT2D eigenvalue weighted by molar-refractivity contribution is -0.130. The highest BCUT2D eigenvalue weighted by Gasteiger charge is 2.25. The van der Waals surface area contributed by atoms with Crippen molar-refractivity contribution in [1.82, 2.24) is 9.80 Å². The lowest BCUT2D eigenvalue weighted by Crippen LogP contribution is -2.36. The van der Waals surface area contributed by atoms with Crippen LogP contribution in [0.15, 0.2) is 34.5 Å². The van der Waals surface area contributed by atoms with Crippen LogP contribution in [0.5, 0.6) is 0 Å². The van der Waals surface area contributed by atoms with Gasteiger partial charge in [-0.05, 0) is 94.7 Å². The lowest BCUT2D eigenvalue weighted by atomic mass is 9.91. The Morgan fingerprint density at radius 2 is 1.63 bits per heavy atom. The summed E-state index contributed by atoms with van der Waals surface area (Å²) in [6.07, 6.45) is 8.85. The molecular weight excluding hydrogens is 472 g/mol. The van der Waals surface area contributed by atoms with Crippen molar-refractivity contribution in [2.24, 2.45) is 16.6 Å². The summed E-state index contributed by atoms with van der Waals surface area (Å²) in [7, 11) is 0. The summed E-state index contributed by atoms with van der Waals surface area (Å²) < 4.78 is 0. The first kappa shape index (κ1) is 31.6. The van der Waals surface area contributed by atoms with Gasteiger partial charge in [0.05, 0.1) is 0 Å². The number of nitrogens with two attached hydrogens (primary N) is 1. The number of benzene rings is 1. The molecular formula is C32H52N4O2. The maximum Gasteiger partial charge on any atom is 0.270 e. The molecule has 1 saturated heterocycles. The van der Waals surface area contributed by atoms with Crippen molar-refractivity contribution < 1.29 is 9.59 Å². The molecule has 1 saturated carbocycles. The number of allylic oxidation sites excluding steroid dienone is 1. The molecule has 1 aromatic rings.